The van der Waals surface area contributed by atoms with Crippen LogP contribution in [-0.2, 0) is 9.53 Å². The van der Waals surface area contributed by atoms with Gasteiger partial charge in [-0.3, -0.25) is 0 Å². The topological polar surface area (TPSA) is 92.0 Å². The maximum absolute atomic E-state index is 12.0. The molecular weight excluding hydrogens is 444 g/mol. The molecule has 2 aromatic carbocycles. The molecule has 1 heterocycles. The number of esters is 2. The third kappa shape index (κ3) is 5.03. The van der Waals surface area contributed by atoms with Crippen LogP contribution in [0.2, 0.25) is 0 Å². The summed E-state index contributed by atoms with van der Waals surface area (Å²) in [6.07, 6.45) is 0. The predicted octanol–water partition coefficient (Wildman–Crippen LogP) is 4.03. The molecule has 8 heteroatoms. The summed E-state index contributed by atoms with van der Waals surface area (Å²) in [5.41, 5.74) is 0.135. The standard InChI is InChI=1S/C21H17BrO7/c1-3-26-20(24)16-9-13-4-5-15(10-18(13)29-21(16)25)28-19(23)11-27-14-6-7-17(22)12(2)8-14/h4-10H,3,11H2,1-2H3. The van der Waals surface area contributed by atoms with Crippen molar-refractivity contribution in [2.75, 3.05) is 13.2 Å². The Morgan fingerprint density at radius 1 is 1.07 bits per heavy atom. The van der Waals surface area contributed by atoms with Gasteiger partial charge in [-0.2, -0.15) is 0 Å². The van der Waals surface area contributed by atoms with E-state index >= 15 is 0 Å². The van der Waals surface area contributed by atoms with Gasteiger partial charge in [-0.25, -0.2) is 14.4 Å². The lowest BCUT2D eigenvalue weighted by atomic mass is 10.2. The Morgan fingerprint density at radius 3 is 2.55 bits per heavy atom. The van der Waals surface area contributed by atoms with E-state index in [1.165, 1.54) is 18.2 Å². The smallest absolute Gasteiger partial charge is 0.351 e. The van der Waals surface area contributed by atoms with Gasteiger partial charge in [0.05, 0.1) is 6.61 Å². The van der Waals surface area contributed by atoms with Crippen molar-refractivity contribution in [2.24, 2.45) is 0 Å². The molecule has 0 amide bonds. The second-order valence-electron chi connectivity index (χ2n) is 6.04. The number of carbonyl (C=O) groups excluding carboxylic acids is 2. The molecule has 0 N–H and O–H groups in total. The molecule has 0 saturated carbocycles. The first kappa shape index (κ1) is 20.6. The van der Waals surface area contributed by atoms with E-state index in [2.05, 4.69) is 15.9 Å². The summed E-state index contributed by atoms with van der Waals surface area (Å²) in [5.74, 6) is -0.641. The van der Waals surface area contributed by atoms with Crippen molar-refractivity contribution < 1.29 is 28.2 Å². The zero-order chi connectivity index (χ0) is 21.0. The van der Waals surface area contributed by atoms with Gasteiger partial charge in [0.15, 0.2) is 6.61 Å². The SMILES string of the molecule is CCOC(=O)c1cc2ccc(OC(=O)COc3ccc(Br)c(C)c3)cc2oc1=O. The first-order valence-corrected chi connectivity index (χ1v) is 9.51. The number of benzene rings is 2. The highest BCUT2D eigenvalue weighted by Gasteiger charge is 2.15. The van der Waals surface area contributed by atoms with Crippen LogP contribution in [0.25, 0.3) is 11.0 Å². The van der Waals surface area contributed by atoms with Crippen molar-refractivity contribution in [1.82, 2.24) is 0 Å². The molecule has 0 spiro atoms. The van der Waals surface area contributed by atoms with Gasteiger partial charge in [0.25, 0.3) is 0 Å². The number of hydrogen-bond donors (Lipinski definition) is 0. The van der Waals surface area contributed by atoms with Crippen molar-refractivity contribution in [3.05, 3.63) is 68.5 Å². The Hall–Kier alpha value is -3.13. The minimum atomic E-state index is -0.826. The third-order valence-electron chi connectivity index (χ3n) is 3.92. The number of halogens is 1. The van der Waals surface area contributed by atoms with Crippen molar-refractivity contribution in [3.63, 3.8) is 0 Å². The molecule has 150 valence electrons. The molecule has 0 aliphatic heterocycles. The predicted molar refractivity (Wildman–Crippen MR) is 108 cm³/mol. The number of ether oxygens (including phenoxy) is 3. The molecule has 0 saturated heterocycles. The number of carbonyl (C=O) groups is 2. The average molecular weight is 461 g/mol. The fourth-order valence-corrected chi connectivity index (χ4v) is 2.76. The molecule has 0 fully saturated rings. The lowest BCUT2D eigenvalue weighted by Gasteiger charge is -2.08. The van der Waals surface area contributed by atoms with E-state index in [9.17, 15) is 14.4 Å². The molecule has 3 rings (SSSR count). The van der Waals surface area contributed by atoms with Gasteiger partial charge in [-0.05, 0) is 55.8 Å². The number of hydrogen-bond acceptors (Lipinski definition) is 7. The normalized spacial score (nSPS) is 10.6. The Labute approximate surface area is 174 Å². The van der Waals surface area contributed by atoms with Crippen LogP contribution in [0.4, 0.5) is 0 Å². The number of aryl methyl sites for hydroxylation is 1. The molecule has 0 atom stereocenters. The molecular formula is C21H17BrO7. The van der Waals surface area contributed by atoms with Gasteiger partial charge in [0.1, 0.15) is 22.6 Å². The summed E-state index contributed by atoms with van der Waals surface area (Å²) >= 11 is 3.39. The van der Waals surface area contributed by atoms with Crippen LogP contribution in [0.15, 0.2) is 56.1 Å². The van der Waals surface area contributed by atoms with Gasteiger partial charge in [-0.1, -0.05) is 15.9 Å². The van der Waals surface area contributed by atoms with Crippen LogP contribution in [0.1, 0.15) is 22.8 Å². The minimum Gasteiger partial charge on any atom is -0.482 e. The molecule has 29 heavy (non-hydrogen) atoms. The molecule has 0 bridgehead atoms. The van der Waals surface area contributed by atoms with Crippen molar-refractivity contribution >= 4 is 38.8 Å². The summed E-state index contributed by atoms with van der Waals surface area (Å²) < 4.78 is 21.6. The van der Waals surface area contributed by atoms with Crippen molar-refractivity contribution in [3.8, 4) is 11.5 Å². The van der Waals surface area contributed by atoms with Gasteiger partial charge in [0.2, 0.25) is 0 Å². The molecule has 0 radical (unpaired) electrons. The van der Waals surface area contributed by atoms with E-state index in [1.54, 1.807) is 25.1 Å². The van der Waals surface area contributed by atoms with E-state index in [1.807, 2.05) is 13.0 Å². The van der Waals surface area contributed by atoms with Crippen molar-refractivity contribution in [1.29, 1.82) is 0 Å². The van der Waals surface area contributed by atoms with Crippen LogP contribution >= 0.6 is 15.9 Å². The van der Waals surface area contributed by atoms with Crippen LogP contribution in [0, 0.1) is 6.92 Å². The number of rotatable bonds is 6. The zero-order valence-electron chi connectivity index (χ0n) is 15.7. The molecule has 1 aromatic heterocycles. The first-order chi connectivity index (χ1) is 13.9. The van der Waals surface area contributed by atoms with Crippen LogP contribution in [0.3, 0.4) is 0 Å². The molecule has 0 aliphatic rings. The Morgan fingerprint density at radius 2 is 1.83 bits per heavy atom. The molecule has 0 aliphatic carbocycles. The van der Waals surface area contributed by atoms with Crippen molar-refractivity contribution in [2.45, 2.75) is 13.8 Å². The Bertz CT molecular complexity index is 1130. The fourth-order valence-electron chi connectivity index (χ4n) is 2.52. The Balaban J connectivity index is 1.70. The van der Waals surface area contributed by atoms with E-state index in [-0.39, 0.29) is 30.1 Å². The van der Waals surface area contributed by atoms with Crippen LogP contribution < -0.4 is 15.1 Å². The highest BCUT2D eigenvalue weighted by Crippen LogP contribution is 2.23. The second kappa shape index (κ2) is 8.91. The highest BCUT2D eigenvalue weighted by atomic mass is 79.9. The summed E-state index contributed by atoms with van der Waals surface area (Å²) in [7, 11) is 0. The largest absolute Gasteiger partial charge is 0.482 e. The third-order valence-corrected chi connectivity index (χ3v) is 4.81. The first-order valence-electron chi connectivity index (χ1n) is 8.72. The van der Waals surface area contributed by atoms with E-state index in [4.69, 9.17) is 18.6 Å². The second-order valence-corrected chi connectivity index (χ2v) is 6.90. The van der Waals surface area contributed by atoms with E-state index in [0.717, 1.165) is 10.0 Å². The average Bonchev–Trinajstić information content (AvgIpc) is 2.68. The summed E-state index contributed by atoms with van der Waals surface area (Å²) in [6, 6.07) is 11.2. The zero-order valence-corrected chi connectivity index (χ0v) is 17.3. The number of fused-ring (bicyclic) bond motifs is 1. The lowest BCUT2D eigenvalue weighted by molar-refractivity contribution is -0.136. The quantitative estimate of drug-likeness (QED) is 0.311. The van der Waals surface area contributed by atoms with E-state index < -0.39 is 17.6 Å². The maximum Gasteiger partial charge on any atom is 0.351 e. The summed E-state index contributed by atoms with van der Waals surface area (Å²) in [5, 5.41) is 0.494. The fraction of sp³-hybridized carbons (Fsp3) is 0.190. The minimum absolute atomic E-state index is 0.146. The van der Waals surface area contributed by atoms with Crippen LogP contribution in [-0.4, -0.2) is 25.2 Å². The van der Waals surface area contributed by atoms with Gasteiger partial charge in [-0.15, -0.1) is 0 Å². The van der Waals surface area contributed by atoms with Gasteiger partial charge in [0, 0.05) is 15.9 Å². The molecule has 3 aromatic rings. The molecule has 0 unspecified atom stereocenters. The Kier molecular flexibility index (Phi) is 6.33. The molecule has 7 nitrogen and oxygen atoms in total. The van der Waals surface area contributed by atoms with Gasteiger partial charge < -0.3 is 18.6 Å². The lowest BCUT2D eigenvalue weighted by Crippen LogP contribution is -2.18. The summed E-state index contributed by atoms with van der Waals surface area (Å²) in [6.45, 7) is 3.41. The van der Waals surface area contributed by atoms with E-state index in [0.29, 0.717) is 11.1 Å². The summed E-state index contributed by atoms with van der Waals surface area (Å²) in [4.78, 5) is 35.8. The highest BCUT2D eigenvalue weighted by molar-refractivity contribution is 9.10. The monoisotopic (exact) mass is 460 g/mol. The van der Waals surface area contributed by atoms with Crippen LogP contribution in [0.5, 0.6) is 11.5 Å². The van der Waals surface area contributed by atoms with Gasteiger partial charge >= 0.3 is 17.6 Å². The maximum atomic E-state index is 12.0.